The average molecular weight is 380 g/mol. The molecule has 6 heteroatoms. The summed E-state index contributed by atoms with van der Waals surface area (Å²) in [7, 11) is 3.18. The number of benzene rings is 2. The van der Waals surface area contributed by atoms with Crippen LogP contribution in [0.4, 0.5) is 0 Å². The first-order valence-corrected chi connectivity index (χ1v) is 9.09. The second kappa shape index (κ2) is 8.71. The lowest BCUT2D eigenvalue weighted by Gasteiger charge is -2.10. The van der Waals surface area contributed by atoms with E-state index in [1.165, 1.54) is 0 Å². The zero-order valence-electron chi connectivity index (χ0n) is 16.2. The van der Waals surface area contributed by atoms with E-state index in [1.54, 1.807) is 14.2 Å². The first kappa shape index (κ1) is 19.6. The van der Waals surface area contributed by atoms with Crippen molar-refractivity contribution in [3.05, 3.63) is 82.2 Å². The predicted octanol–water partition coefficient (Wildman–Crippen LogP) is 3.22. The number of nitrogens with one attached hydrogen (secondary N) is 1. The fraction of sp³-hybridized carbons (Fsp3) is 0.273. The van der Waals surface area contributed by atoms with E-state index in [0.717, 1.165) is 22.4 Å². The van der Waals surface area contributed by atoms with Crippen molar-refractivity contribution in [1.29, 1.82) is 0 Å². The summed E-state index contributed by atoms with van der Waals surface area (Å²) in [6, 6.07) is 15.2. The molecule has 0 fully saturated rings. The summed E-state index contributed by atoms with van der Waals surface area (Å²) in [5.74, 6) is 0.851. The van der Waals surface area contributed by atoms with Crippen LogP contribution >= 0.6 is 0 Å². The normalized spacial score (nSPS) is 11.9. The summed E-state index contributed by atoms with van der Waals surface area (Å²) in [4.78, 5) is 12.5. The molecule has 1 atom stereocenters. The summed E-state index contributed by atoms with van der Waals surface area (Å²) in [6.45, 7) is 1.99. The summed E-state index contributed by atoms with van der Waals surface area (Å²) < 4.78 is 10.6. The maximum absolute atomic E-state index is 12.5. The van der Waals surface area contributed by atoms with Crippen LogP contribution in [0.25, 0.3) is 0 Å². The Labute approximate surface area is 164 Å². The van der Waals surface area contributed by atoms with E-state index in [1.807, 2.05) is 55.5 Å². The zero-order valence-corrected chi connectivity index (χ0v) is 16.2. The van der Waals surface area contributed by atoms with Crippen LogP contribution in [0.5, 0.6) is 5.75 Å². The molecule has 1 aromatic heterocycles. The number of hydrogen-bond donors (Lipinski definition) is 2. The molecule has 0 bridgehead atoms. The van der Waals surface area contributed by atoms with Gasteiger partial charge in [0.05, 0.1) is 13.2 Å². The maximum Gasteiger partial charge on any atom is 0.256 e. The van der Waals surface area contributed by atoms with Gasteiger partial charge in [-0.05, 0) is 30.2 Å². The second-order valence-electron chi connectivity index (χ2n) is 6.66. The van der Waals surface area contributed by atoms with Gasteiger partial charge in [-0.2, -0.15) is 0 Å². The first-order chi connectivity index (χ1) is 13.5. The van der Waals surface area contributed by atoms with Crippen LogP contribution in [-0.2, 0) is 12.8 Å². The molecule has 0 spiro atoms. The summed E-state index contributed by atoms with van der Waals surface area (Å²) in [5, 5.41) is 17.3. The molecule has 0 aliphatic heterocycles. The lowest BCUT2D eigenvalue weighted by Crippen LogP contribution is -2.21. The highest BCUT2D eigenvalue weighted by atomic mass is 16.5. The second-order valence-corrected chi connectivity index (χ2v) is 6.66. The molecule has 28 heavy (non-hydrogen) atoms. The fourth-order valence-electron chi connectivity index (χ4n) is 3.02. The van der Waals surface area contributed by atoms with Gasteiger partial charge in [0, 0.05) is 19.9 Å². The number of aliphatic hydroxyl groups is 1. The molecule has 3 rings (SSSR count). The molecule has 1 amide bonds. The minimum absolute atomic E-state index is 0.168. The van der Waals surface area contributed by atoms with Gasteiger partial charge in [0.1, 0.15) is 17.0 Å². The highest BCUT2D eigenvalue weighted by molar-refractivity contribution is 5.96. The number of aliphatic hydroxyl groups excluding tert-OH is 1. The highest BCUT2D eigenvalue weighted by Gasteiger charge is 2.24. The van der Waals surface area contributed by atoms with Crippen molar-refractivity contribution < 1.29 is 19.2 Å². The monoisotopic (exact) mass is 380 g/mol. The zero-order chi connectivity index (χ0) is 20.1. The molecular weight excluding hydrogens is 356 g/mol. The van der Waals surface area contributed by atoms with E-state index in [-0.39, 0.29) is 12.3 Å². The van der Waals surface area contributed by atoms with Gasteiger partial charge in [-0.1, -0.05) is 47.1 Å². The number of amides is 1. The van der Waals surface area contributed by atoms with Crippen molar-refractivity contribution in [2.75, 3.05) is 14.2 Å². The molecule has 2 N–H and O–H groups in total. The largest absolute Gasteiger partial charge is 0.497 e. The average Bonchev–Trinajstić information content (AvgIpc) is 3.10. The van der Waals surface area contributed by atoms with Crippen LogP contribution in [0.15, 0.2) is 53.1 Å². The Morgan fingerprint density at radius 3 is 2.46 bits per heavy atom. The van der Waals surface area contributed by atoms with E-state index in [4.69, 9.17) is 9.26 Å². The van der Waals surface area contributed by atoms with Crippen molar-refractivity contribution in [2.45, 2.75) is 25.9 Å². The Morgan fingerprint density at radius 2 is 1.86 bits per heavy atom. The SMILES string of the molecule is CNC(=O)c1c(Cc2ccc(OC)cc2)noc1CC(O)c1ccc(C)cc1. The smallest absolute Gasteiger partial charge is 0.256 e. The van der Waals surface area contributed by atoms with Crippen LogP contribution in [0.3, 0.4) is 0 Å². The quantitative estimate of drug-likeness (QED) is 0.657. The highest BCUT2D eigenvalue weighted by Crippen LogP contribution is 2.25. The Bertz CT molecular complexity index is 930. The standard InChI is InChI=1S/C22H24N2O4/c1-14-4-8-16(9-5-14)19(25)13-20-21(22(26)23-2)18(24-28-20)12-15-6-10-17(27-3)11-7-15/h4-11,19,25H,12-13H2,1-3H3,(H,23,26). The third kappa shape index (κ3) is 4.40. The Morgan fingerprint density at radius 1 is 1.18 bits per heavy atom. The van der Waals surface area contributed by atoms with Crippen LogP contribution in [-0.4, -0.2) is 30.3 Å². The van der Waals surface area contributed by atoms with E-state index in [9.17, 15) is 9.90 Å². The number of rotatable bonds is 7. The number of ether oxygens (including phenoxy) is 1. The van der Waals surface area contributed by atoms with Crippen LogP contribution in [0.1, 0.15) is 44.6 Å². The van der Waals surface area contributed by atoms with E-state index in [2.05, 4.69) is 10.5 Å². The number of aryl methyl sites for hydroxylation is 1. The summed E-state index contributed by atoms with van der Waals surface area (Å²) in [6.07, 6.45) is -0.177. The Hall–Kier alpha value is -3.12. The first-order valence-electron chi connectivity index (χ1n) is 9.09. The molecule has 1 unspecified atom stereocenters. The molecule has 0 aliphatic carbocycles. The van der Waals surface area contributed by atoms with Crippen molar-refractivity contribution in [3.8, 4) is 5.75 Å². The molecular formula is C22H24N2O4. The van der Waals surface area contributed by atoms with Gasteiger partial charge in [0.15, 0.2) is 5.76 Å². The predicted molar refractivity (Wildman–Crippen MR) is 106 cm³/mol. The number of methoxy groups -OCH3 is 1. The van der Waals surface area contributed by atoms with E-state index < -0.39 is 6.10 Å². The molecule has 3 aromatic rings. The van der Waals surface area contributed by atoms with Gasteiger partial charge in [-0.25, -0.2) is 0 Å². The van der Waals surface area contributed by atoms with E-state index in [0.29, 0.717) is 23.4 Å². The molecule has 6 nitrogen and oxygen atoms in total. The molecule has 0 saturated heterocycles. The minimum atomic E-state index is -0.786. The summed E-state index contributed by atoms with van der Waals surface area (Å²) in [5.41, 5.74) is 3.77. The van der Waals surface area contributed by atoms with Crippen molar-refractivity contribution in [2.24, 2.45) is 0 Å². The third-order valence-corrected chi connectivity index (χ3v) is 4.66. The van der Waals surface area contributed by atoms with Gasteiger partial charge in [0.2, 0.25) is 0 Å². The number of aromatic nitrogens is 1. The van der Waals surface area contributed by atoms with Crippen molar-refractivity contribution >= 4 is 5.91 Å². The lowest BCUT2D eigenvalue weighted by atomic mass is 9.99. The fourth-order valence-corrected chi connectivity index (χ4v) is 3.02. The van der Waals surface area contributed by atoms with Gasteiger partial charge < -0.3 is 19.7 Å². The number of carbonyl (C=O) groups is 1. The molecule has 0 aliphatic rings. The summed E-state index contributed by atoms with van der Waals surface area (Å²) >= 11 is 0. The Kier molecular flexibility index (Phi) is 6.11. The van der Waals surface area contributed by atoms with Crippen LogP contribution < -0.4 is 10.1 Å². The van der Waals surface area contributed by atoms with Gasteiger partial charge >= 0.3 is 0 Å². The van der Waals surface area contributed by atoms with Crippen LogP contribution in [0, 0.1) is 6.92 Å². The molecule has 0 saturated carbocycles. The van der Waals surface area contributed by atoms with Crippen LogP contribution in [0.2, 0.25) is 0 Å². The molecule has 146 valence electrons. The number of carbonyl (C=O) groups excluding carboxylic acids is 1. The van der Waals surface area contributed by atoms with E-state index >= 15 is 0 Å². The van der Waals surface area contributed by atoms with Gasteiger partial charge in [0.25, 0.3) is 5.91 Å². The Balaban J connectivity index is 1.85. The van der Waals surface area contributed by atoms with Gasteiger partial charge in [-0.15, -0.1) is 0 Å². The van der Waals surface area contributed by atoms with Gasteiger partial charge in [-0.3, -0.25) is 4.79 Å². The topological polar surface area (TPSA) is 84.6 Å². The molecule has 2 aromatic carbocycles. The van der Waals surface area contributed by atoms with Crippen molar-refractivity contribution in [3.63, 3.8) is 0 Å². The maximum atomic E-state index is 12.5. The minimum Gasteiger partial charge on any atom is -0.497 e. The number of nitrogens with zero attached hydrogens (tertiary/aromatic N) is 1. The lowest BCUT2D eigenvalue weighted by molar-refractivity contribution is 0.0958. The molecule has 1 heterocycles. The van der Waals surface area contributed by atoms with Crippen molar-refractivity contribution in [1.82, 2.24) is 10.5 Å². The third-order valence-electron chi connectivity index (χ3n) is 4.66. The number of hydrogen-bond acceptors (Lipinski definition) is 5. The molecule has 0 radical (unpaired) electrons.